The van der Waals surface area contributed by atoms with Gasteiger partial charge in [-0.25, -0.2) is 4.98 Å². The normalized spacial score (nSPS) is 11.2. The van der Waals surface area contributed by atoms with Crippen LogP contribution in [0.2, 0.25) is 0 Å². The van der Waals surface area contributed by atoms with Crippen LogP contribution in [0.1, 0.15) is 38.9 Å². The molecule has 0 aliphatic carbocycles. The van der Waals surface area contributed by atoms with Gasteiger partial charge in [0.05, 0.1) is 12.0 Å². The highest BCUT2D eigenvalue weighted by Crippen LogP contribution is 2.08. The molecule has 0 saturated carbocycles. The topological polar surface area (TPSA) is 39.1 Å². The van der Waals surface area contributed by atoms with E-state index in [1.165, 1.54) is 5.69 Å². The number of hydrogen-bond acceptors (Lipinski definition) is 3. The molecule has 1 aromatic rings. The van der Waals surface area contributed by atoms with E-state index in [1.54, 1.807) is 0 Å². The Morgan fingerprint density at radius 1 is 1.50 bits per heavy atom. The SMILES string of the molecule is CCOCCCNCc1cncn1C(C)C. The van der Waals surface area contributed by atoms with Gasteiger partial charge in [0.15, 0.2) is 0 Å². The molecule has 0 aliphatic heterocycles. The highest BCUT2D eigenvalue weighted by Gasteiger charge is 2.03. The van der Waals surface area contributed by atoms with E-state index in [-0.39, 0.29) is 0 Å². The summed E-state index contributed by atoms with van der Waals surface area (Å²) >= 11 is 0. The van der Waals surface area contributed by atoms with Crippen molar-refractivity contribution in [3.63, 3.8) is 0 Å². The van der Waals surface area contributed by atoms with Gasteiger partial charge in [-0.05, 0) is 33.7 Å². The van der Waals surface area contributed by atoms with Crippen LogP contribution in [0.15, 0.2) is 12.5 Å². The zero-order valence-electron chi connectivity index (χ0n) is 10.6. The van der Waals surface area contributed by atoms with E-state index in [4.69, 9.17) is 4.74 Å². The second-order valence-corrected chi connectivity index (χ2v) is 4.11. The second-order valence-electron chi connectivity index (χ2n) is 4.11. The predicted molar refractivity (Wildman–Crippen MR) is 65.4 cm³/mol. The van der Waals surface area contributed by atoms with Crippen LogP contribution in [0.4, 0.5) is 0 Å². The molecule has 0 bridgehead atoms. The standard InChI is InChI=1S/C12H23N3O/c1-4-16-7-5-6-13-8-12-9-14-10-15(12)11(2)3/h9-11,13H,4-8H2,1-3H3. The van der Waals surface area contributed by atoms with Crippen LogP contribution in [-0.4, -0.2) is 29.3 Å². The monoisotopic (exact) mass is 225 g/mol. The van der Waals surface area contributed by atoms with Crippen molar-refractivity contribution in [1.29, 1.82) is 0 Å². The van der Waals surface area contributed by atoms with Gasteiger partial charge in [0.25, 0.3) is 0 Å². The molecule has 0 aliphatic rings. The number of nitrogens with one attached hydrogen (secondary N) is 1. The largest absolute Gasteiger partial charge is 0.382 e. The molecule has 4 nitrogen and oxygen atoms in total. The Labute approximate surface area is 98.0 Å². The molecule has 92 valence electrons. The van der Waals surface area contributed by atoms with Crippen LogP contribution >= 0.6 is 0 Å². The van der Waals surface area contributed by atoms with Gasteiger partial charge in [0, 0.05) is 32.0 Å². The molecule has 0 fully saturated rings. The number of aromatic nitrogens is 2. The van der Waals surface area contributed by atoms with Gasteiger partial charge in [-0.15, -0.1) is 0 Å². The molecule has 1 N–H and O–H groups in total. The lowest BCUT2D eigenvalue weighted by Crippen LogP contribution is -2.19. The van der Waals surface area contributed by atoms with E-state index < -0.39 is 0 Å². The van der Waals surface area contributed by atoms with Crippen LogP contribution < -0.4 is 5.32 Å². The second kappa shape index (κ2) is 7.41. The molecule has 0 spiro atoms. The fourth-order valence-corrected chi connectivity index (χ4v) is 1.59. The molecule has 4 heteroatoms. The van der Waals surface area contributed by atoms with Gasteiger partial charge in [-0.1, -0.05) is 0 Å². The van der Waals surface area contributed by atoms with Gasteiger partial charge < -0.3 is 14.6 Å². The molecule has 0 aromatic carbocycles. The minimum absolute atomic E-state index is 0.475. The lowest BCUT2D eigenvalue weighted by Gasteiger charge is -2.12. The van der Waals surface area contributed by atoms with Crippen LogP contribution in [0.5, 0.6) is 0 Å². The first-order valence-electron chi connectivity index (χ1n) is 6.04. The Morgan fingerprint density at radius 3 is 3.00 bits per heavy atom. The third-order valence-corrected chi connectivity index (χ3v) is 2.46. The quantitative estimate of drug-likeness (QED) is 0.688. The molecular formula is C12H23N3O. The Bertz CT molecular complexity index is 284. The van der Waals surface area contributed by atoms with Crippen molar-refractivity contribution in [3.8, 4) is 0 Å². The lowest BCUT2D eigenvalue weighted by molar-refractivity contribution is 0.144. The maximum atomic E-state index is 5.28. The summed E-state index contributed by atoms with van der Waals surface area (Å²) in [5, 5.41) is 3.40. The minimum Gasteiger partial charge on any atom is -0.382 e. The van der Waals surface area contributed by atoms with Crippen molar-refractivity contribution in [1.82, 2.24) is 14.9 Å². The third kappa shape index (κ3) is 4.33. The van der Waals surface area contributed by atoms with Crippen LogP contribution in [0.3, 0.4) is 0 Å². The fourth-order valence-electron chi connectivity index (χ4n) is 1.59. The molecule has 1 heterocycles. The summed E-state index contributed by atoms with van der Waals surface area (Å²) in [5.74, 6) is 0. The Balaban J connectivity index is 2.19. The molecule has 1 rings (SSSR count). The average molecular weight is 225 g/mol. The van der Waals surface area contributed by atoms with Crippen LogP contribution in [0.25, 0.3) is 0 Å². The van der Waals surface area contributed by atoms with E-state index in [0.717, 1.165) is 32.7 Å². The molecule has 0 atom stereocenters. The van der Waals surface area contributed by atoms with Crippen LogP contribution in [-0.2, 0) is 11.3 Å². The van der Waals surface area contributed by atoms with Gasteiger partial charge >= 0.3 is 0 Å². The summed E-state index contributed by atoms with van der Waals surface area (Å²) in [4.78, 5) is 4.17. The predicted octanol–water partition coefficient (Wildman–Crippen LogP) is 1.98. The first-order chi connectivity index (χ1) is 7.75. The zero-order valence-corrected chi connectivity index (χ0v) is 10.6. The first kappa shape index (κ1) is 13.2. The van der Waals surface area contributed by atoms with E-state index in [1.807, 2.05) is 19.4 Å². The van der Waals surface area contributed by atoms with Gasteiger partial charge in [-0.2, -0.15) is 0 Å². The summed E-state index contributed by atoms with van der Waals surface area (Å²) in [7, 11) is 0. The maximum Gasteiger partial charge on any atom is 0.0951 e. The molecule has 0 radical (unpaired) electrons. The molecule has 0 unspecified atom stereocenters. The fraction of sp³-hybridized carbons (Fsp3) is 0.750. The van der Waals surface area contributed by atoms with E-state index in [9.17, 15) is 0 Å². The maximum absolute atomic E-state index is 5.28. The summed E-state index contributed by atoms with van der Waals surface area (Å²) in [6.45, 7) is 9.87. The first-order valence-corrected chi connectivity index (χ1v) is 6.04. The summed E-state index contributed by atoms with van der Waals surface area (Å²) in [5.41, 5.74) is 1.24. The zero-order chi connectivity index (χ0) is 11.8. The Morgan fingerprint density at radius 2 is 2.31 bits per heavy atom. The summed E-state index contributed by atoms with van der Waals surface area (Å²) in [6, 6.07) is 0.475. The van der Waals surface area contributed by atoms with Crippen molar-refractivity contribution < 1.29 is 4.74 Å². The minimum atomic E-state index is 0.475. The van der Waals surface area contributed by atoms with Crippen molar-refractivity contribution in [2.75, 3.05) is 19.8 Å². The van der Waals surface area contributed by atoms with Crippen molar-refractivity contribution in [2.45, 2.75) is 39.8 Å². The molecule has 0 saturated heterocycles. The van der Waals surface area contributed by atoms with Gasteiger partial charge in [0.1, 0.15) is 0 Å². The number of imidazole rings is 1. The molecular weight excluding hydrogens is 202 g/mol. The number of rotatable bonds is 8. The van der Waals surface area contributed by atoms with Crippen molar-refractivity contribution >= 4 is 0 Å². The van der Waals surface area contributed by atoms with Gasteiger partial charge in [0.2, 0.25) is 0 Å². The highest BCUT2D eigenvalue weighted by atomic mass is 16.5. The van der Waals surface area contributed by atoms with Crippen molar-refractivity contribution in [2.24, 2.45) is 0 Å². The van der Waals surface area contributed by atoms with Crippen LogP contribution in [0, 0.1) is 0 Å². The Hall–Kier alpha value is -0.870. The third-order valence-electron chi connectivity index (χ3n) is 2.46. The number of nitrogens with zero attached hydrogens (tertiary/aromatic N) is 2. The number of hydrogen-bond donors (Lipinski definition) is 1. The van der Waals surface area contributed by atoms with Gasteiger partial charge in [-0.3, -0.25) is 0 Å². The van der Waals surface area contributed by atoms with E-state index >= 15 is 0 Å². The molecule has 1 aromatic heterocycles. The Kier molecular flexibility index (Phi) is 6.11. The van der Waals surface area contributed by atoms with E-state index in [0.29, 0.717) is 6.04 Å². The number of ether oxygens (including phenoxy) is 1. The lowest BCUT2D eigenvalue weighted by atomic mass is 10.3. The average Bonchev–Trinajstić information content (AvgIpc) is 2.71. The summed E-state index contributed by atoms with van der Waals surface area (Å²) in [6.07, 6.45) is 4.88. The molecule has 0 amide bonds. The smallest absolute Gasteiger partial charge is 0.0951 e. The summed E-state index contributed by atoms with van der Waals surface area (Å²) < 4.78 is 7.47. The van der Waals surface area contributed by atoms with Crippen molar-refractivity contribution in [3.05, 3.63) is 18.2 Å². The highest BCUT2D eigenvalue weighted by molar-refractivity contribution is 4.99. The van der Waals surface area contributed by atoms with E-state index in [2.05, 4.69) is 28.7 Å². The molecule has 16 heavy (non-hydrogen) atoms.